The van der Waals surface area contributed by atoms with Gasteiger partial charge in [-0.1, -0.05) is 30.3 Å². The van der Waals surface area contributed by atoms with Gasteiger partial charge in [0.1, 0.15) is 6.04 Å². The van der Waals surface area contributed by atoms with Gasteiger partial charge in [-0.15, -0.1) is 0 Å². The first-order valence-electron chi connectivity index (χ1n) is 7.54. The molecule has 0 spiro atoms. The lowest BCUT2D eigenvalue weighted by atomic mass is 10.0. The molecule has 4 nitrogen and oxygen atoms in total. The molecule has 1 fully saturated rings. The molecule has 1 aromatic carbocycles. The highest BCUT2D eigenvalue weighted by Gasteiger charge is 2.28. The van der Waals surface area contributed by atoms with Gasteiger partial charge in [0.05, 0.1) is 0 Å². The van der Waals surface area contributed by atoms with Crippen LogP contribution in [0.15, 0.2) is 30.3 Å². The van der Waals surface area contributed by atoms with Crippen LogP contribution in [0.5, 0.6) is 0 Å². The third-order valence-corrected chi connectivity index (χ3v) is 4.79. The fourth-order valence-electron chi connectivity index (χ4n) is 2.45. The van der Waals surface area contributed by atoms with E-state index in [9.17, 15) is 4.79 Å². The van der Waals surface area contributed by atoms with E-state index in [1.165, 1.54) is 0 Å². The van der Waals surface area contributed by atoms with E-state index in [4.69, 9.17) is 0 Å². The molecule has 116 valence electrons. The van der Waals surface area contributed by atoms with Crippen LogP contribution in [0.4, 0.5) is 0 Å². The number of likely N-dealkylation sites (N-methyl/N-ethyl adjacent to an activating group) is 1. The molecule has 2 rings (SSSR count). The number of hydrogen-bond acceptors (Lipinski definition) is 4. The van der Waals surface area contributed by atoms with Crippen LogP contribution >= 0.6 is 11.8 Å². The van der Waals surface area contributed by atoms with Crippen molar-refractivity contribution in [1.29, 1.82) is 0 Å². The van der Waals surface area contributed by atoms with E-state index in [0.29, 0.717) is 6.54 Å². The third kappa shape index (κ3) is 4.73. The molecule has 2 unspecified atom stereocenters. The zero-order chi connectivity index (χ0) is 15.1. The fraction of sp³-hybridized carbons (Fsp3) is 0.562. The van der Waals surface area contributed by atoms with Gasteiger partial charge in [-0.2, -0.15) is 11.8 Å². The molecule has 0 aromatic heterocycles. The largest absolute Gasteiger partial charge is 0.353 e. The average molecular weight is 307 g/mol. The summed E-state index contributed by atoms with van der Waals surface area (Å²) in [5, 5.41) is 6.23. The van der Waals surface area contributed by atoms with Crippen molar-refractivity contribution in [3.63, 3.8) is 0 Å². The predicted molar refractivity (Wildman–Crippen MR) is 89.6 cm³/mol. The van der Waals surface area contributed by atoms with Gasteiger partial charge in [0.25, 0.3) is 0 Å². The van der Waals surface area contributed by atoms with Crippen molar-refractivity contribution in [2.24, 2.45) is 0 Å². The van der Waals surface area contributed by atoms with Crippen LogP contribution in [0.25, 0.3) is 0 Å². The minimum Gasteiger partial charge on any atom is -0.353 e. The zero-order valence-electron chi connectivity index (χ0n) is 12.8. The minimum absolute atomic E-state index is 0.107. The Morgan fingerprint density at radius 2 is 1.95 bits per heavy atom. The van der Waals surface area contributed by atoms with Gasteiger partial charge >= 0.3 is 0 Å². The molecule has 0 saturated carbocycles. The van der Waals surface area contributed by atoms with Crippen LogP contribution < -0.4 is 10.6 Å². The number of hydrogen-bond donors (Lipinski definition) is 2. The lowest BCUT2D eigenvalue weighted by molar-refractivity contribution is -0.126. The molecule has 1 aliphatic heterocycles. The lowest BCUT2D eigenvalue weighted by Crippen LogP contribution is -2.46. The number of thioether (sulfide) groups is 1. The highest BCUT2D eigenvalue weighted by Crippen LogP contribution is 2.24. The molecule has 1 aliphatic rings. The second-order valence-electron chi connectivity index (χ2n) is 5.40. The summed E-state index contributed by atoms with van der Waals surface area (Å²) < 4.78 is 0. The van der Waals surface area contributed by atoms with Crippen LogP contribution in [0.2, 0.25) is 0 Å². The van der Waals surface area contributed by atoms with E-state index in [1.54, 1.807) is 0 Å². The Labute approximate surface area is 131 Å². The van der Waals surface area contributed by atoms with Gasteiger partial charge in [-0.25, -0.2) is 0 Å². The number of nitrogens with one attached hydrogen (secondary N) is 2. The number of benzene rings is 1. The van der Waals surface area contributed by atoms with Crippen LogP contribution in [-0.2, 0) is 4.79 Å². The Morgan fingerprint density at radius 1 is 1.29 bits per heavy atom. The maximum Gasteiger partial charge on any atom is 0.242 e. The first-order chi connectivity index (χ1) is 10.2. The van der Waals surface area contributed by atoms with Crippen molar-refractivity contribution in [2.45, 2.75) is 19.0 Å². The number of carbonyl (C=O) groups is 1. The molecule has 1 amide bonds. The number of carbonyl (C=O) groups excluding carboxylic acids is 1. The van der Waals surface area contributed by atoms with Crippen LogP contribution in [0, 0.1) is 0 Å². The highest BCUT2D eigenvalue weighted by molar-refractivity contribution is 7.99. The predicted octanol–water partition coefficient (Wildman–Crippen LogP) is 1.50. The number of rotatable bonds is 6. The first kappa shape index (κ1) is 16.3. The highest BCUT2D eigenvalue weighted by atomic mass is 32.2. The molecule has 1 aromatic rings. The normalized spacial score (nSPS) is 19.0. The Morgan fingerprint density at radius 3 is 2.57 bits per heavy atom. The molecule has 0 aliphatic carbocycles. The van der Waals surface area contributed by atoms with Crippen LogP contribution in [0.1, 0.15) is 18.5 Å². The zero-order valence-corrected chi connectivity index (χ0v) is 13.7. The van der Waals surface area contributed by atoms with Crippen molar-refractivity contribution in [1.82, 2.24) is 15.5 Å². The molecule has 1 saturated heterocycles. The van der Waals surface area contributed by atoms with Gasteiger partial charge in [0, 0.05) is 37.2 Å². The summed E-state index contributed by atoms with van der Waals surface area (Å²) in [7, 11) is 1.91. The molecule has 21 heavy (non-hydrogen) atoms. The topological polar surface area (TPSA) is 44.4 Å². The molecular weight excluding hydrogens is 282 g/mol. The maximum atomic E-state index is 12.7. The second-order valence-corrected chi connectivity index (χ2v) is 6.62. The number of nitrogens with zero attached hydrogens (tertiary/aromatic N) is 1. The van der Waals surface area contributed by atoms with E-state index >= 15 is 0 Å². The van der Waals surface area contributed by atoms with E-state index in [1.807, 2.05) is 49.1 Å². The molecule has 5 heteroatoms. The van der Waals surface area contributed by atoms with Gasteiger partial charge in [-0.05, 0) is 19.5 Å². The third-order valence-electron chi connectivity index (χ3n) is 3.85. The quantitative estimate of drug-likeness (QED) is 0.836. The van der Waals surface area contributed by atoms with Crippen LogP contribution in [0.3, 0.4) is 0 Å². The second kappa shape index (κ2) is 8.41. The Kier molecular flexibility index (Phi) is 6.54. The summed E-state index contributed by atoms with van der Waals surface area (Å²) in [6, 6.07) is 10.2. The summed E-state index contributed by atoms with van der Waals surface area (Å²) in [4.78, 5) is 15.0. The first-order valence-corrected chi connectivity index (χ1v) is 8.69. The van der Waals surface area contributed by atoms with Crippen molar-refractivity contribution in [2.75, 3.05) is 38.2 Å². The standard InChI is InChI=1S/C16H25N3OS/c1-13(17-2)12-18-16(20)15(14-6-4-3-5-7-14)19-8-10-21-11-9-19/h3-7,13,15,17H,8-12H2,1-2H3,(H,18,20). The summed E-state index contributed by atoms with van der Waals surface area (Å²) in [6.07, 6.45) is 0. The van der Waals surface area contributed by atoms with E-state index < -0.39 is 0 Å². The minimum atomic E-state index is -0.170. The molecular formula is C16H25N3OS. The SMILES string of the molecule is CNC(C)CNC(=O)C(c1ccccc1)N1CCSCC1. The Bertz CT molecular complexity index is 434. The molecule has 0 radical (unpaired) electrons. The Hall–Kier alpha value is -1.04. The van der Waals surface area contributed by atoms with Crippen molar-refractivity contribution < 1.29 is 4.79 Å². The van der Waals surface area contributed by atoms with Gasteiger partial charge in [0.2, 0.25) is 5.91 Å². The lowest BCUT2D eigenvalue weighted by Gasteiger charge is -2.33. The summed E-state index contributed by atoms with van der Waals surface area (Å²) in [6.45, 7) is 4.66. The smallest absolute Gasteiger partial charge is 0.242 e. The average Bonchev–Trinajstić information content (AvgIpc) is 2.55. The van der Waals surface area contributed by atoms with Crippen LogP contribution in [-0.4, -0.2) is 55.0 Å². The monoisotopic (exact) mass is 307 g/mol. The fourth-order valence-corrected chi connectivity index (χ4v) is 3.38. The maximum absolute atomic E-state index is 12.7. The number of amides is 1. The van der Waals surface area contributed by atoms with Gasteiger partial charge in [-0.3, -0.25) is 9.69 Å². The van der Waals surface area contributed by atoms with Crippen molar-refractivity contribution in [3.8, 4) is 0 Å². The van der Waals surface area contributed by atoms with Gasteiger partial charge < -0.3 is 10.6 Å². The van der Waals surface area contributed by atoms with Gasteiger partial charge in [0.15, 0.2) is 0 Å². The Balaban J connectivity index is 2.09. The van der Waals surface area contributed by atoms with E-state index in [-0.39, 0.29) is 18.0 Å². The molecule has 2 N–H and O–H groups in total. The summed E-state index contributed by atoms with van der Waals surface area (Å²) in [5.41, 5.74) is 1.08. The van der Waals surface area contributed by atoms with Crippen molar-refractivity contribution in [3.05, 3.63) is 35.9 Å². The summed E-state index contributed by atoms with van der Waals surface area (Å²) in [5.74, 6) is 2.31. The van der Waals surface area contributed by atoms with E-state index in [2.05, 4.69) is 22.5 Å². The summed E-state index contributed by atoms with van der Waals surface area (Å²) >= 11 is 1.96. The van der Waals surface area contributed by atoms with Crippen molar-refractivity contribution >= 4 is 17.7 Å². The van der Waals surface area contributed by atoms with E-state index in [0.717, 1.165) is 30.2 Å². The molecule has 1 heterocycles. The molecule has 2 atom stereocenters. The molecule has 0 bridgehead atoms.